The number of rotatable bonds is 3. The Morgan fingerprint density at radius 2 is 1.96 bits per heavy atom. The normalized spacial score (nSPS) is 18.7. The Hall–Kier alpha value is -2.33. The summed E-state index contributed by atoms with van der Waals surface area (Å²) in [5.41, 5.74) is 5.12. The Morgan fingerprint density at radius 1 is 1.21 bits per heavy atom. The highest BCUT2D eigenvalue weighted by Gasteiger charge is 2.46. The zero-order valence-electron chi connectivity index (χ0n) is 14.1. The molecule has 0 atom stereocenters. The van der Waals surface area contributed by atoms with Crippen molar-refractivity contribution in [1.29, 1.82) is 0 Å². The summed E-state index contributed by atoms with van der Waals surface area (Å²) < 4.78 is 5.26. The summed E-state index contributed by atoms with van der Waals surface area (Å²) in [6, 6.07) is 10.4. The van der Waals surface area contributed by atoms with Gasteiger partial charge >= 0.3 is 0 Å². The van der Waals surface area contributed by atoms with E-state index in [1.807, 2.05) is 24.5 Å². The van der Waals surface area contributed by atoms with Crippen LogP contribution in [0.2, 0.25) is 0 Å². The van der Waals surface area contributed by atoms with Gasteiger partial charge in [0, 0.05) is 23.9 Å². The number of nitrogens with zero attached hydrogens (tertiary/aromatic N) is 2. The van der Waals surface area contributed by atoms with Crippen LogP contribution in [0.3, 0.4) is 0 Å². The Morgan fingerprint density at radius 3 is 2.67 bits per heavy atom. The van der Waals surface area contributed by atoms with Crippen LogP contribution in [0.1, 0.15) is 24.0 Å². The molecule has 124 valence electrons. The first-order chi connectivity index (χ1) is 11.7. The lowest BCUT2D eigenvalue weighted by Crippen LogP contribution is -2.41. The fraction of sp³-hybridized carbons (Fsp3) is 0.350. The SMILES string of the molecule is C=C1N(Cc2ccc(OC)cc2)c2cnccc2C12CCNCC2. The first-order valence-electron chi connectivity index (χ1n) is 8.50. The number of fused-ring (bicyclic) bond motifs is 2. The number of allylic oxidation sites excluding steroid dienone is 1. The summed E-state index contributed by atoms with van der Waals surface area (Å²) in [6.07, 6.45) is 6.09. The van der Waals surface area contributed by atoms with Gasteiger partial charge in [-0.05, 0) is 55.3 Å². The lowest BCUT2D eigenvalue weighted by molar-refractivity contribution is 0.362. The maximum absolute atomic E-state index is 5.26. The molecule has 1 aromatic carbocycles. The lowest BCUT2D eigenvalue weighted by atomic mass is 9.73. The maximum Gasteiger partial charge on any atom is 0.118 e. The molecule has 1 fully saturated rings. The molecule has 0 aliphatic carbocycles. The zero-order valence-corrected chi connectivity index (χ0v) is 14.1. The molecule has 24 heavy (non-hydrogen) atoms. The highest BCUT2D eigenvalue weighted by molar-refractivity contribution is 5.69. The van der Waals surface area contributed by atoms with Crippen molar-refractivity contribution in [2.45, 2.75) is 24.8 Å². The molecule has 2 aliphatic rings. The number of methoxy groups -OCH3 is 1. The van der Waals surface area contributed by atoms with Crippen LogP contribution >= 0.6 is 0 Å². The maximum atomic E-state index is 5.26. The highest BCUT2D eigenvalue weighted by atomic mass is 16.5. The molecule has 0 amide bonds. The van der Waals surface area contributed by atoms with Gasteiger partial charge in [-0.25, -0.2) is 0 Å². The lowest BCUT2D eigenvalue weighted by Gasteiger charge is -2.36. The Labute approximate surface area is 143 Å². The van der Waals surface area contributed by atoms with Crippen LogP contribution in [0.5, 0.6) is 5.75 Å². The van der Waals surface area contributed by atoms with E-state index >= 15 is 0 Å². The van der Waals surface area contributed by atoms with Gasteiger partial charge in [0.25, 0.3) is 0 Å². The summed E-state index contributed by atoms with van der Waals surface area (Å²) >= 11 is 0. The fourth-order valence-corrected chi connectivity index (χ4v) is 4.07. The molecule has 0 unspecified atom stereocenters. The van der Waals surface area contributed by atoms with Crippen molar-refractivity contribution in [3.63, 3.8) is 0 Å². The van der Waals surface area contributed by atoms with Crippen molar-refractivity contribution in [1.82, 2.24) is 10.3 Å². The van der Waals surface area contributed by atoms with Crippen LogP contribution in [0.4, 0.5) is 5.69 Å². The van der Waals surface area contributed by atoms with E-state index in [0.717, 1.165) is 38.2 Å². The van der Waals surface area contributed by atoms with Crippen molar-refractivity contribution >= 4 is 5.69 Å². The van der Waals surface area contributed by atoms with Crippen LogP contribution in [0.25, 0.3) is 0 Å². The number of benzene rings is 1. The Bertz CT molecular complexity index is 748. The first kappa shape index (κ1) is 15.2. The Kier molecular flexibility index (Phi) is 3.77. The molecule has 2 aliphatic heterocycles. The monoisotopic (exact) mass is 321 g/mol. The second kappa shape index (κ2) is 5.95. The molecular formula is C20H23N3O. The minimum Gasteiger partial charge on any atom is -0.497 e. The van der Waals surface area contributed by atoms with Crippen LogP contribution in [-0.4, -0.2) is 25.2 Å². The minimum atomic E-state index is 0.0655. The molecule has 3 heterocycles. The summed E-state index contributed by atoms with van der Waals surface area (Å²) in [5, 5.41) is 3.48. The molecule has 1 N–H and O–H groups in total. The number of hydrogen-bond donors (Lipinski definition) is 1. The van der Waals surface area contributed by atoms with E-state index in [1.165, 1.54) is 22.5 Å². The number of piperidine rings is 1. The molecule has 1 saturated heterocycles. The number of ether oxygens (including phenoxy) is 1. The van der Waals surface area contributed by atoms with E-state index in [2.05, 4.69) is 40.0 Å². The largest absolute Gasteiger partial charge is 0.497 e. The number of hydrogen-bond acceptors (Lipinski definition) is 4. The van der Waals surface area contributed by atoms with Crippen molar-refractivity contribution in [3.8, 4) is 5.75 Å². The highest BCUT2D eigenvalue weighted by Crippen LogP contribution is 2.52. The quantitative estimate of drug-likeness (QED) is 0.942. The van der Waals surface area contributed by atoms with Gasteiger partial charge in [0.05, 0.1) is 19.0 Å². The van der Waals surface area contributed by atoms with E-state index in [0.29, 0.717) is 0 Å². The molecule has 2 aromatic rings. The molecule has 4 heteroatoms. The second-order valence-electron chi connectivity index (χ2n) is 6.61. The smallest absolute Gasteiger partial charge is 0.118 e. The second-order valence-corrected chi connectivity index (χ2v) is 6.61. The third-order valence-electron chi connectivity index (χ3n) is 5.44. The average Bonchev–Trinajstić information content (AvgIpc) is 2.86. The zero-order chi connectivity index (χ0) is 16.6. The van der Waals surface area contributed by atoms with Gasteiger partial charge in [-0.15, -0.1) is 0 Å². The van der Waals surface area contributed by atoms with Gasteiger partial charge in [0.2, 0.25) is 0 Å². The topological polar surface area (TPSA) is 37.4 Å². The number of pyridine rings is 1. The van der Waals surface area contributed by atoms with Crippen LogP contribution in [-0.2, 0) is 12.0 Å². The number of aromatic nitrogens is 1. The van der Waals surface area contributed by atoms with Gasteiger partial charge in [0.1, 0.15) is 5.75 Å². The van der Waals surface area contributed by atoms with E-state index in [1.54, 1.807) is 7.11 Å². The van der Waals surface area contributed by atoms with Gasteiger partial charge in [0.15, 0.2) is 0 Å². The average molecular weight is 321 g/mol. The molecule has 4 rings (SSSR count). The van der Waals surface area contributed by atoms with Crippen molar-refractivity contribution in [2.75, 3.05) is 25.1 Å². The first-order valence-corrected chi connectivity index (χ1v) is 8.50. The van der Waals surface area contributed by atoms with Gasteiger partial charge in [-0.3, -0.25) is 4.98 Å². The summed E-state index contributed by atoms with van der Waals surface area (Å²) in [6.45, 7) is 7.40. The molecular weight excluding hydrogens is 298 g/mol. The molecule has 1 spiro atoms. The van der Waals surface area contributed by atoms with Crippen molar-refractivity contribution in [2.24, 2.45) is 0 Å². The Balaban J connectivity index is 1.69. The number of anilines is 1. The summed E-state index contributed by atoms with van der Waals surface area (Å²) in [4.78, 5) is 6.71. The van der Waals surface area contributed by atoms with Crippen molar-refractivity contribution in [3.05, 3.63) is 66.1 Å². The molecule has 4 nitrogen and oxygen atoms in total. The van der Waals surface area contributed by atoms with Crippen LogP contribution in [0.15, 0.2) is 55.0 Å². The fourth-order valence-electron chi connectivity index (χ4n) is 4.07. The third kappa shape index (κ3) is 2.29. The minimum absolute atomic E-state index is 0.0655. The van der Waals surface area contributed by atoms with Gasteiger partial charge in [-0.1, -0.05) is 18.7 Å². The van der Waals surface area contributed by atoms with Gasteiger partial charge < -0.3 is 15.0 Å². The standard InChI is InChI=1S/C20H23N3O/c1-15-20(8-11-21-12-9-20)18-7-10-22-13-19(18)23(15)14-16-3-5-17(24-2)6-4-16/h3-7,10,13,21H,1,8-9,11-12,14H2,2H3. The predicted octanol–water partition coefficient (Wildman–Crippen LogP) is 3.25. The van der Waals surface area contributed by atoms with Crippen molar-refractivity contribution < 1.29 is 4.74 Å². The molecule has 0 radical (unpaired) electrons. The van der Waals surface area contributed by atoms with E-state index in [-0.39, 0.29) is 5.41 Å². The van der Waals surface area contributed by atoms with E-state index < -0.39 is 0 Å². The molecule has 0 bridgehead atoms. The molecule has 0 saturated carbocycles. The number of nitrogens with one attached hydrogen (secondary N) is 1. The predicted molar refractivity (Wildman–Crippen MR) is 96.3 cm³/mol. The van der Waals surface area contributed by atoms with Crippen LogP contribution in [0, 0.1) is 0 Å². The van der Waals surface area contributed by atoms with E-state index in [4.69, 9.17) is 4.74 Å². The molecule has 1 aromatic heterocycles. The summed E-state index contributed by atoms with van der Waals surface area (Å²) in [5.74, 6) is 0.885. The third-order valence-corrected chi connectivity index (χ3v) is 5.44. The van der Waals surface area contributed by atoms with E-state index in [9.17, 15) is 0 Å². The summed E-state index contributed by atoms with van der Waals surface area (Å²) in [7, 11) is 1.69. The van der Waals surface area contributed by atoms with Gasteiger partial charge in [-0.2, -0.15) is 0 Å². The van der Waals surface area contributed by atoms with Crippen LogP contribution < -0.4 is 15.0 Å².